The molecule has 0 radical (unpaired) electrons. The number of ether oxygens (including phenoxy) is 2. The van der Waals surface area contributed by atoms with Crippen LogP contribution in [0.1, 0.15) is 79.2 Å². The Morgan fingerprint density at radius 2 is 0.891 bits per heavy atom. The van der Waals surface area contributed by atoms with Crippen molar-refractivity contribution in [2.75, 3.05) is 14.2 Å². The second-order valence-corrected chi connectivity index (χ2v) is 14.9. The Balaban J connectivity index is 1.43. The first-order valence-corrected chi connectivity index (χ1v) is 16.8. The molecule has 6 bridgehead atoms. The first-order valence-electron chi connectivity index (χ1n) is 16.8. The van der Waals surface area contributed by atoms with Crippen molar-refractivity contribution >= 4 is 11.9 Å². The Hall–Kier alpha value is -3.96. The maximum Gasteiger partial charge on any atom is 0.327 e. The SMILES string of the molecule is COC(=O)C12[C@@H]3[C@@H]([C@@H]4C(=C(C)C)[C@H]3c3ccccc34)C(C(=O)OC)([C@H]3[C@@H]1[C@H]1C(=C(C)C)[C@@H]3c3ccccc31)N2Cc1ccccc1. The van der Waals surface area contributed by atoms with Crippen molar-refractivity contribution in [2.45, 2.75) is 69.0 Å². The molecular weight excluding hydrogens is 570 g/mol. The Labute approximate surface area is 271 Å². The molecule has 3 aromatic rings. The summed E-state index contributed by atoms with van der Waals surface area (Å²) in [6, 6.07) is 27.9. The van der Waals surface area contributed by atoms with Crippen LogP contribution in [0.15, 0.2) is 101 Å². The number of carbonyl (C=O) groups excluding carboxylic acids is 2. The smallest absolute Gasteiger partial charge is 0.327 e. The Bertz CT molecular complexity index is 1700. The van der Waals surface area contributed by atoms with Crippen LogP contribution in [0.5, 0.6) is 0 Å². The van der Waals surface area contributed by atoms with Gasteiger partial charge in [-0.3, -0.25) is 14.5 Å². The number of rotatable bonds is 4. The van der Waals surface area contributed by atoms with Gasteiger partial charge in [-0.1, -0.05) is 101 Å². The molecule has 0 aromatic heterocycles. The van der Waals surface area contributed by atoms with E-state index in [-0.39, 0.29) is 59.3 Å². The van der Waals surface area contributed by atoms with Crippen molar-refractivity contribution in [3.8, 4) is 0 Å². The average molecular weight is 612 g/mol. The molecule has 5 nitrogen and oxygen atoms in total. The minimum atomic E-state index is -1.03. The van der Waals surface area contributed by atoms with Gasteiger partial charge in [-0.15, -0.1) is 0 Å². The molecule has 2 heterocycles. The first kappa shape index (κ1) is 28.3. The van der Waals surface area contributed by atoms with Gasteiger partial charge in [0.1, 0.15) is 11.1 Å². The lowest BCUT2D eigenvalue weighted by Gasteiger charge is -2.50. The van der Waals surface area contributed by atoms with Crippen LogP contribution in [0.25, 0.3) is 0 Å². The van der Waals surface area contributed by atoms with Gasteiger partial charge in [0.2, 0.25) is 0 Å². The largest absolute Gasteiger partial charge is 0.468 e. The van der Waals surface area contributed by atoms with Gasteiger partial charge in [-0.25, -0.2) is 0 Å². The number of methoxy groups -OCH3 is 2. The van der Waals surface area contributed by atoms with Crippen LogP contribution in [-0.2, 0) is 25.6 Å². The number of nitrogens with zero attached hydrogens (tertiary/aromatic N) is 1. The maximum atomic E-state index is 15.2. The lowest BCUT2D eigenvalue weighted by atomic mass is 9.49. The zero-order valence-electron chi connectivity index (χ0n) is 27.4. The normalized spacial score (nSPS) is 36.7. The van der Waals surface area contributed by atoms with E-state index in [2.05, 4.69) is 93.3 Å². The van der Waals surface area contributed by atoms with Crippen LogP contribution in [0, 0.1) is 23.7 Å². The third kappa shape index (κ3) is 2.86. The summed E-state index contributed by atoms with van der Waals surface area (Å²) in [6.45, 7) is 9.32. The molecule has 6 aliphatic rings. The summed E-state index contributed by atoms with van der Waals surface area (Å²) in [6.07, 6.45) is 0. The van der Waals surface area contributed by atoms with E-state index in [1.165, 1.54) is 44.5 Å². The molecule has 2 saturated carbocycles. The first-order chi connectivity index (χ1) is 22.3. The number of esters is 2. The number of hydrogen-bond acceptors (Lipinski definition) is 5. The van der Waals surface area contributed by atoms with Crippen LogP contribution < -0.4 is 0 Å². The van der Waals surface area contributed by atoms with Crippen LogP contribution >= 0.6 is 0 Å². The summed E-state index contributed by atoms with van der Waals surface area (Å²) >= 11 is 0. The highest BCUT2D eigenvalue weighted by Gasteiger charge is 2.92. The zero-order valence-corrected chi connectivity index (χ0v) is 27.4. The van der Waals surface area contributed by atoms with Crippen LogP contribution in [-0.4, -0.2) is 42.1 Å². The lowest BCUT2D eigenvalue weighted by molar-refractivity contribution is -0.163. The number of carbonyl (C=O) groups is 2. The molecule has 3 aromatic carbocycles. The highest BCUT2D eigenvalue weighted by molar-refractivity contribution is 5.95. The molecule has 2 aliphatic heterocycles. The molecule has 46 heavy (non-hydrogen) atoms. The predicted octanol–water partition coefficient (Wildman–Crippen LogP) is 7.27. The summed E-state index contributed by atoms with van der Waals surface area (Å²) in [4.78, 5) is 32.8. The summed E-state index contributed by atoms with van der Waals surface area (Å²) in [7, 11) is 3.09. The molecule has 0 unspecified atom stereocenters. The topological polar surface area (TPSA) is 55.8 Å². The van der Waals surface area contributed by atoms with Crippen molar-refractivity contribution in [1.29, 1.82) is 0 Å². The van der Waals surface area contributed by atoms with Gasteiger partial charge in [0.25, 0.3) is 0 Å². The molecule has 8 atom stereocenters. The third-order valence-electron chi connectivity index (χ3n) is 13.2. The van der Waals surface area contributed by atoms with Crippen molar-refractivity contribution < 1.29 is 19.1 Å². The molecule has 0 spiro atoms. The fourth-order valence-electron chi connectivity index (χ4n) is 12.5. The molecular formula is C41H41NO4. The molecule has 234 valence electrons. The van der Waals surface area contributed by atoms with E-state index in [0.29, 0.717) is 6.54 Å². The fraction of sp³-hybridized carbons (Fsp3) is 0.415. The van der Waals surface area contributed by atoms with Gasteiger partial charge in [0, 0.05) is 53.9 Å². The van der Waals surface area contributed by atoms with Crippen molar-refractivity contribution in [3.05, 3.63) is 129 Å². The van der Waals surface area contributed by atoms with Crippen molar-refractivity contribution in [3.63, 3.8) is 0 Å². The van der Waals surface area contributed by atoms with E-state index < -0.39 is 11.1 Å². The fourth-order valence-corrected chi connectivity index (χ4v) is 12.5. The van der Waals surface area contributed by atoms with E-state index in [0.717, 1.165) is 5.56 Å². The molecule has 0 amide bonds. The summed E-state index contributed by atoms with van der Waals surface area (Å²) < 4.78 is 12.0. The van der Waals surface area contributed by atoms with Gasteiger partial charge in [0.05, 0.1) is 14.2 Å². The Morgan fingerprint density at radius 3 is 1.20 bits per heavy atom. The third-order valence-corrected chi connectivity index (χ3v) is 13.2. The van der Waals surface area contributed by atoms with Gasteiger partial charge in [0.15, 0.2) is 0 Å². The zero-order chi connectivity index (χ0) is 31.9. The lowest BCUT2D eigenvalue weighted by Crippen LogP contribution is -2.60. The number of fused-ring (bicyclic) bond motifs is 22. The molecule has 9 rings (SSSR count). The summed E-state index contributed by atoms with van der Waals surface area (Å²) in [5, 5.41) is 0. The standard InChI is InChI=1S/C41H41NO4/c1-21(2)28-30-24-16-10-11-17-25(24)31(28)35-34(30)40(38(43)45-5)36-32-26-18-12-13-19-27(26)33(29(32)22(3)4)37(36)41(35,39(44)46-6)42(40)20-23-14-8-7-9-15-23/h7-19,30-37H,20H2,1-6H3/t30-,31+,32-,33+,34+,35-,36+,37-,40?,41?. The highest BCUT2D eigenvalue weighted by atomic mass is 16.5. The monoisotopic (exact) mass is 611 g/mol. The second-order valence-electron chi connectivity index (χ2n) is 14.9. The quantitative estimate of drug-likeness (QED) is 0.230. The molecule has 5 heteroatoms. The molecule has 0 N–H and O–H groups in total. The summed E-state index contributed by atoms with van der Waals surface area (Å²) in [5.74, 6) is -0.775. The summed E-state index contributed by atoms with van der Waals surface area (Å²) in [5.41, 5.74) is 9.62. The van der Waals surface area contributed by atoms with E-state index in [9.17, 15) is 0 Å². The Kier molecular flexibility index (Phi) is 5.73. The predicted molar refractivity (Wildman–Crippen MR) is 176 cm³/mol. The number of allylic oxidation sites excluding steroid dienone is 4. The molecule has 4 fully saturated rings. The van der Waals surface area contributed by atoms with Gasteiger partial charge in [-0.05, 0) is 55.5 Å². The minimum absolute atomic E-state index is 0.0329. The van der Waals surface area contributed by atoms with Crippen molar-refractivity contribution in [2.24, 2.45) is 23.7 Å². The van der Waals surface area contributed by atoms with E-state index >= 15 is 9.59 Å². The minimum Gasteiger partial charge on any atom is -0.468 e. The second kappa shape index (κ2) is 9.32. The Morgan fingerprint density at radius 1 is 0.565 bits per heavy atom. The molecule has 2 saturated heterocycles. The van der Waals surface area contributed by atoms with E-state index in [1.54, 1.807) is 14.2 Å². The van der Waals surface area contributed by atoms with Crippen molar-refractivity contribution in [1.82, 2.24) is 4.90 Å². The van der Waals surface area contributed by atoms with Crippen LogP contribution in [0.3, 0.4) is 0 Å². The maximum absolute atomic E-state index is 15.2. The average Bonchev–Trinajstić information content (AvgIpc) is 3.87. The van der Waals surface area contributed by atoms with Crippen LogP contribution in [0.4, 0.5) is 0 Å². The molecule has 4 aliphatic carbocycles. The number of benzene rings is 3. The van der Waals surface area contributed by atoms with Gasteiger partial charge >= 0.3 is 11.9 Å². The van der Waals surface area contributed by atoms with E-state index in [1.807, 2.05) is 18.2 Å². The van der Waals surface area contributed by atoms with Crippen LogP contribution in [0.2, 0.25) is 0 Å². The number of hydrogen-bond donors (Lipinski definition) is 0. The van der Waals surface area contributed by atoms with E-state index in [4.69, 9.17) is 9.47 Å². The van der Waals surface area contributed by atoms with Gasteiger partial charge in [-0.2, -0.15) is 0 Å². The highest BCUT2D eigenvalue weighted by Crippen LogP contribution is 2.86. The van der Waals surface area contributed by atoms with Gasteiger partial charge < -0.3 is 9.47 Å².